The largest absolute Gasteiger partial charge is 0.387 e. The van der Waals surface area contributed by atoms with Crippen LogP contribution < -0.4 is 0 Å². The van der Waals surface area contributed by atoms with Gasteiger partial charge in [0.1, 0.15) is 0 Å². The summed E-state index contributed by atoms with van der Waals surface area (Å²) in [5.41, 5.74) is 1.05. The average molecular weight is 342 g/mol. The SMILES string of the molecule is Cl.OC(CN1CCCCC1)c1cccc2c1ccc1ccccc12. The van der Waals surface area contributed by atoms with Crippen molar-refractivity contribution in [3.05, 3.63) is 60.2 Å². The average Bonchev–Trinajstić information content (AvgIpc) is 2.62. The summed E-state index contributed by atoms with van der Waals surface area (Å²) < 4.78 is 0. The van der Waals surface area contributed by atoms with Gasteiger partial charge in [0.15, 0.2) is 0 Å². The van der Waals surface area contributed by atoms with Gasteiger partial charge in [-0.05, 0) is 53.0 Å². The second-order valence-corrected chi connectivity index (χ2v) is 6.61. The molecule has 4 rings (SSSR count). The molecule has 0 aromatic heterocycles. The van der Waals surface area contributed by atoms with E-state index in [2.05, 4.69) is 59.5 Å². The molecule has 24 heavy (non-hydrogen) atoms. The van der Waals surface area contributed by atoms with E-state index in [1.54, 1.807) is 0 Å². The van der Waals surface area contributed by atoms with Crippen LogP contribution in [-0.4, -0.2) is 29.6 Å². The van der Waals surface area contributed by atoms with E-state index < -0.39 is 6.10 Å². The van der Waals surface area contributed by atoms with Crippen LogP contribution in [0.3, 0.4) is 0 Å². The second kappa shape index (κ2) is 7.52. The predicted octanol–water partition coefficient (Wildman–Crippen LogP) is 4.93. The van der Waals surface area contributed by atoms with E-state index in [1.807, 2.05) is 0 Å². The Kier molecular flexibility index (Phi) is 5.40. The molecule has 126 valence electrons. The van der Waals surface area contributed by atoms with E-state index in [0.29, 0.717) is 0 Å². The van der Waals surface area contributed by atoms with Gasteiger partial charge in [-0.15, -0.1) is 12.4 Å². The van der Waals surface area contributed by atoms with Crippen molar-refractivity contribution in [1.29, 1.82) is 0 Å². The van der Waals surface area contributed by atoms with Crippen LogP contribution in [0.15, 0.2) is 54.6 Å². The Labute approximate surface area is 149 Å². The van der Waals surface area contributed by atoms with E-state index >= 15 is 0 Å². The highest BCUT2D eigenvalue weighted by atomic mass is 35.5. The Morgan fingerprint density at radius 3 is 2.38 bits per heavy atom. The van der Waals surface area contributed by atoms with Crippen molar-refractivity contribution in [3.63, 3.8) is 0 Å². The van der Waals surface area contributed by atoms with Crippen molar-refractivity contribution < 1.29 is 5.11 Å². The van der Waals surface area contributed by atoms with Gasteiger partial charge in [-0.1, -0.05) is 61.0 Å². The molecular formula is C21H24ClNO. The first-order valence-corrected chi connectivity index (χ1v) is 8.64. The number of β-amino-alcohol motifs (C(OH)–C–C–N with tert-alkyl or cyclic N) is 1. The van der Waals surface area contributed by atoms with E-state index in [9.17, 15) is 5.11 Å². The summed E-state index contributed by atoms with van der Waals surface area (Å²) in [6.07, 6.45) is 3.42. The summed E-state index contributed by atoms with van der Waals surface area (Å²) in [4.78, 5) is 2.40. The maximum absolute atomic E-state index is 10.8. The lowest BCUT2D eigenvalue weighted by molar-refractivity contribution is 0.102. The fraction of sp³-hybridized carbons (Fsp3) is 0.333. The monoisotopic (exact) mass is 341 g/mol. The summed E-state index contributed by atoms with van der Waals surface area (Å²) in [6, 6.07) is 19.1. The van der Waals surface area contributed by atoms with Crippen LogP contribution in [0, 0.1) is 0 Å². The van der Waals surface area contributed by atoms with Gasteiger partial charge in [-0.3, -0.25) is 0 Å². The molecule has 0 radical (unpaired) electrons. The van der Waals surface area contributed by atoms with Crippen LogP contribution in [0.4, 0.5) is 0 Å². The summed E-state index contributed by atoms with van der Waals surface area (Å²) in [6.45, 7) is 2.97. The number of nitrogens with zero attached hydrogens (tertiary/aromatic N) is 1. The van der Waals surface area contributed by atoms with E-state index in [-0.39, 0.29) is 12.4 Å². The first-order valence-electron chi connectivity index (χ1n) is 8.64. The van der Waals surface area contributed by atoms with Gasteiger partial charge in [-0.2, -0.15) is 0 Å². The summed E-state index contributed by atoms with van der Waals surface area (Å²) in [5, 5.41) is 15.7. The summed E-state index contributed by atoms with van der Waals surface area (Å²) in [7, 11) is 0. The number of aliphatic hydroxyl groups excluding tert-OH is 1. The second-order valence-electron chi connectivity index (χ2n) is 6.61. The molecule has 1 aliphatic heterocycles. The van der Waals surface area contributed by atoms with Crippen LogP contribution in [0.2, 0.25) is 0 Å². The van der Waals surface area contributed by atoms with Crippen molar-refractivity contribution >= 4 is 34.0 Å². The fourth-order valence-corrected chi connectivity index (χ4v) is 3.84. The van der Waals surface area contributed by atoms with Crippen molar-refractivity contribution in [2.24, 2.45) is 0 Å². The van der Waals surface area contributed by atoms with E-state index in [1.165, 1.54) is 40.8 Å². The number of hydrogen-bond donors (Lipinski definition) is 1. The number of hydrogen-bond acceptors (Lipinski definition) is 2. The Bertz CT molecular complexity index is 826. The number of likely N-dealkylation sites (tertiary alicyclic amines) is 1. The first kappa shape index (κ1) is 17.2. The lowest BCUT2D eigenvalue weighted by atomic mass is 9.95. The van der Waals surface area contributed by atoms with Crippen molar-refractivity contribution in [3.8, 4) is 0 Å². The Morgan fingerprint density at radius 2 is 1.54 bits per heavy atom. The van der Waals surface area contributed by atoms with Crippen LogP contribution in [-0.2, 0) is 0 Å². The van der Waals surface area contributed by atoms with Crippen molar-refractivity contribution in [2.45, 2.75) is 25.4 Å². The molecule has 3 aromatic rings. The zero-order chi connectivity index (χ0) is 15.6. The normalized spacial score (nSPS) is 16.9. The van der Waals surface area contributed by atoms with Gasteiger partial charge in [-0.25, -0.2) is 0 Å². The van der Waals surface area contributed by atoms with Crippen LogP contribution in [0.1, 0.15) is 30.9 Å². The minimum Gasteiger partial charge on any atom is -0.387 e. The van der Waals surface area contributed by atoms with Crippen molar-refractivity contribution in [1.82, 2.24) is 4.90 Å². The molecule has 1 unspecified atom stereocenters. The molecule has 1 saturated heterocycles. The third-order valence-corrected chi connectivity index (χ3v) is 5.06. The molecule has 1 fully saturated rings. The highest BCUT2D eigenvalue weighted by Crippen LogP contribution is 2.31. The maximum Gasteiger partial charge on any atom is 0.0922 e. The molecule has 1 N–H and O–H groups in total. The topological polar surface area (TPSA) is 23.5 Å². The zero-order valence-electron chi connectivity index (χ0n) is 13.8. The molecule has 1 atom stereocenters. The predicted molar refractivity (Wildman–Crippen MR) is 104 cm³/mol. The van der Waals surface area contributed by atoms with Gasteiger partial charge in [0.25, 0.3) is 0 Å². The zero-order valence-corrected chi connectivity index (χ0v) is 14.6. The Hall–Kier alpha value is -1.61. The molecule has 2 nitrogen and oxygen atoms in total. The molecule has 0 saturated carbocycles. The summed E-state index contributed by atoms with van der Waals surface area (Å²) in [5.74, 6) is 0. The van der Waals surface area contributed by atoms with Crippen LogP contribution in [0.5, 0.6) is 0 Å². The lowest BCUT2D eigenvalue weighted by Gasteiger charge is -2.29. The smallest absolute Gasteiger partial charge is 0.0922 e. The van der Waals surface area contributed by atoms with Gasteiger partial charge in [0, 0.05) is 6.54 Å². The number of benzene rings is 3. The maximum atomic E-state index is 10.8. The molecule has 0 bridgehead atoms. The molecule has 3 heteroatoms. The molecular weight excluding hydrogens is 318 g/mol. The fourth-order valence-electron chi connectivity index (χ4n) is 3.84. The van der Waals surface area contributed by atoms with Gasteiger partial charge in [0.05, 0.1) is 6.10 Å². The minimum atomic E-state index is -0.419. The van der Waals surface area contributed by atoms with Gasteiger partial charge < -0.3 is 10.0 Å². The number of fused-ring (bicyclic) bond motifs is 3. The lowest BCUT2D eigenvalue weighted by Crippen LogP contribution is -2.33. The highest BCUT2D eigenvalue weighted by molar-refractivity contribution is 6.08. The Balaban J connectivity index is 0.00000169. The molecule has 1 aliphatic rings. The third-order valence-electron chi connectivity index (χ3n) is 5.06. The number of piperidine rings is 1. The van der Waals surface area contributed by atoms with Crippen LogP contribution in [0.25, 0.3) is 21.5 Å². The minimum absolute atomic E-state index is 0. The molecule has 1 heterocycles. The van der Waals surface area contributed by atoms with E-state index in [4.69, 9.17) is 0 Å². The van der Waals surface area contributed by atoms with Crippen molar-refractivity contribution in [2.75, 3.05) is 19.6 Å². The number of rotatable bonds is 3. The number of aliphatic hydroxyl groups is 1. The number of halogens is 1. The Morgan fingerprint density at radius 1 is 0.792 bits per heavy atom. The molecule has 0 spiro atoms. The standard InChI is InChI=1S/C21H23NO.ClH/c23-21(15-22-13-4-1-5-14-22)20-10-6-9-18-17-8-3-2-7-16(17)11-12-19(18)20;/h2-3,6-12,21,23H,1,4-5,13-15H2;1H. The first-order chi connectivity index (χ1) is 11.3. The molecule has 3 aromatic carbocycles. The summed E-state index contributed by atoms with van der Waals surface area (Å²) >= 11 is 0. The van der Waals surface area contributed by atoms with E-state index in [0.717, 1.165) is 25.2 Å². The third kappa shape index (κ3) is 3.27. The van der Waals surface area contributed by atoms with Gasteiger partial charge >= 0.3 is 0 Å². The van der Waals surface area contributed by atoms with Crippen LogP contribution >= 0.6 is 12.4 Å². The quantitative estimate of drug-likeness (QED) is 0.682. The highest BCUT2D eigenvalue weighted by Gasteiger charge is 2.17. The molecule has 0 aliphatic carbocycles. The van der Waals surface area contributed by atoms with Gasteiger partial charge in [0.2, 0.25) is 0 Å². The molecule has 0 amide bonds.